The first-order chi connectivity index (χ1) is 16.2. The Morgan fingerprint density at radius 2 is 1.53 bits per heavy atom. The monoisotopic (exact) mass is 504 g/mol. The zero-order chi connectivity index (χ0) is 25.7. The van der Waals surface area contributed by atoms with Crippen LogP contribution in [0.5, 0.6) is 0 Å². The fraction of sp³-hybridized carbons (Fsp3) is 0.885. The highest BCUT2D eigenvalue weighted by Gasteiger charge is 2.36. The van der Waals surface area contributed by atoms with E-state index in [1.807, 2.05) is 13.3 Å². The maximum Gasteiger partial charge on any atom is 0.397 e. The molecular weight excluding hydrogens is 452 g/mol. The van der Waals surface area contributed by atoms with Gasteiger partial charge in [-0.25, -0.2) is 4.18 Å². The van der Waals surface area contributed by atoms with Crippen molar-refractivity contribution in [2.45, 2.75) is 129 Å². The molecule has 0 aromatic carbocycles. The van der Waals surface area contributed by atoms with Gasteiger partial charge in [0.2, 0.25) is 0 Å². The molecule has 202 valence electrons. The van der Waals surface area contributed by atoms with Crippen molar-refractivity contribution in [2.24, 2.45) is 4.99 Å². The largest absolute Gasteiger partial charge is 0.397 e. The zero-order valence-corrected chi connectivity index (χ0v) is 23.1. The summed E-state index contributed by atoms with van der Waals surface area (Å²) in [5.74, 6) is 0. The van der Waals surface area contributed by atoms with Crippen LogP contribution in [0.3, 0.4) is 0 Å². The fourth-order valence-corrected chi connectivity index (χ4v) is 4.62. The Morgan fingerprint density at radius 1 is 1.00 bits per heavy atom. The molecule has 0 fully saturated rings. The SMILES string of the molecule is CCCCCCCCCCCCCCC=CC(CC)(C(C)O)N1C=NCC1.CCOS(=O)(=O)O. The Kier molecular flexibility index (Phi) is 19.7. The first kappa shape index (κ1) is 33.0. The van der Waals surface area contributed by atoms with Gasteiger partial charge in [0.1, 0.15) is 0 Å². The lowest BCUT2D eigenvalue weighted by Crippen LogP contribution is -2.53. The second-order valence-corrected chi connectivity index (χ2v) is 10.2. The second-order valence-electron chi connectivity index (χ2n) is 9.15. The molecule has 2 N–H and O–H groups in total. The van der Waals surface area contributed by atoms with E-state index in [0.29, 0.717) is 0 Å². The highest BCUT2D eigenvalue weighted by molar-refractivity contribution is 7.80. The van der Waals surface area contributed by atoms with Gasteiger partial charge >= 0.3 is 10.4 Å². The van der Waals surface area contributed by atoms with Gasteiger partial charge in [-0.1, -0.05) is 96.6 Å². The summed E-state index contributed by atoms with van der Waals surface area (Å²) in [6.07, 6.45) is 24.8. The molecule has 0 spiro atoms. The lowest BCUT2D eigenvalue weighted by molar-refractivity contribution is 0.0521. The van der Waals surface area contributed by atoms with Crippen molar-refractivity contribution in [3.05, 3.63) is 12.2 Å². The molecule has 0 amide bonds. The van der Waals surface area contributed by atoms with Crippen LogP contribution in [0.4, 0.5) is 0 Å². The van der Waals surface area contributed by atoms with Crippen molar-refractivity contribution in [3.63, 3.8) is 0 Å². The maximum atomic E-state index is 10.4. The summed E-state index contributed by atoms with van der Waals surface area (Å²) in [4.78, 5) is 6.55. The first-order valence-electron chi connectivity index (χ1n) is 13.5. The number of aliphatic hydroxyl groups is 1. The molecule has 34 heavy (non-hydrogen) atoms. The van der Waals surface area contributed by atoms with Gasteiger partial charge in [0.05, 0.1) is 31.1 Å². The van der Waals surface area contributed by atoms with E-state index in [2.05, 4.69) is 40.1 Å². The number of allylic oxidation sites excluding steroid dienone is 1. The lowest BCUT2D eigenvalue weighted by atomic mass is 9.87. The van der Waals surface area contributed by atoms with Crippen LogP contribution in [0.25, 0.3) is 0 Å². The third kappa shape index (κ3) is 15.8. The predicted molar refractivity (Wildman–Crippen MR) is 143 cm³/mol. The minimum Gasteiger partial charge on any atom is -0.391 e. The Bertz CT molecular complexity index is 637. The van der Waals surface area contributed by atoms with Crippen LogP contribution in [-0.2, 0) is 14.6 Å². The Balaban J connectivity index is 0.00000135. The molecule has 8 heteroatoms. The molecule has 7 nitrogen and oxygen atoms in total. The van der Waals surface area contributed by atoms with Crippen LogP contribution in [0, 0.1) is 0 Å². The molecule has 0 radical (unpaired) electrons. The molecule has 1 aliphatic rings. The third-order valence-corrected chi connectivity index (χ3v) is 6.95. The van der Waals surface area contributed by atoms with Crippen molar-refractivity contribution in [1.82, 2.24) is 4.90 Å². The second kappa shape index (κ2) is 20.3. The van der Waals surface area contributed by atoms with Crippen molar-refractivity contribution in [2.75, 3.05) is 19.7 Å². The molecule has 1 rings (SSSR count). The highest BCUT2D eigenvalue weighted by Crippen LogP contribution is 2.27. The minimum atomic E-state index is -4.17. The quantitative estimate of drug-likeness (QED) is 0.121. The fourth-order valence-electron chi connectivity index (χ4n) is 4.33. The summed E-state index contributed by atoms with van der Waals surface area (Å²) >= 11 is 0. The van der Waals surface area contributed by atoms with Crippen LogP contribution in [-0.4, -0.2) is 60.7 Å². The molecule has 0 aromatic rings. The smallest absolute Gasteiger partial charge is 0.391 e. The van der Waals surface area contributed by atoms with Crippen LogP contribution < -0.4 is 0 Å². The van der Waals surface area contributed by atoms with Gasteiger partial charge in [0.15, 0.2) is 0 Å². The van der Waals surface area contributed by atoms with Crippen LogP contribution in [0.1, 0.15) is 118 Å². The van der Waals surface area contributed by atoms with Crippen LogP contribution >= 0.6 is 0 Å². The summed E-state index contributed by atoms with van der Waals surface area (Å²) in [6.45, 7) is 9.55. The number of hydrogen-bond acceptors (Lipinski definition) is 6. The number of aliphatic imine (C=N–C) groups is 1. The van der Waals surface area contributed by atoms with E-state index >= 15 is 0 Å². The number of nitrogens with zero attached hydrogens (tertiary/aromatic N) is 2. The molecular formula is C26H52N2O5S. The summed E-state index contributed by atoms with van der Waals surface area (Å²) < 4.78 is 30.7. The van der Waals surface area contributed by atoms with Crippen molar-refractivity contribution >= 4 is 16.7 Å². The van der Waals surface area contributed by atoms with E-state index in [4.69, 9.17) is 4.55 Å². The molecule has 2 atom stereocenters. The normalized spacial score (nSPS) is 16.5. The molecule has 1 heterocycles. The summed E-state index contributed by atoms with van der Waals surface area (Å²) in [5, 5.41) is 10.4. The number of rotatable bonds is 19. The molecule has 0 saturated carbocycles. The first-order valence-corrected chi connectivity index (χ1v) is 14.8. The van der Waals surface area contributed by atoms with Gasteiger partial charge in [0, 0.05) is 6.54 Å². The van der Waals surface area contributed by atoms with Gasteiger partial charge in [-0.15, -0.1) is 0 Å². The van der Waals surface area contributed by atoms with E-state index < -0.39 is 10.4 Å². The average molecular weight is 505 g/mol. The molecule has 1 aliphatic heterocycles. The maximum absolute atomic E-state index is 10.4. The molecule has 2 unspecified atom stereocenters. The van der Waals surface area contributed by atoms with E-state index in [-0.39, 0.29) is 18.2 Å². The van der Waals surface area contributed by atoms with Crippen molar-refractivity contribution in [1.29, 1.82) is 0 Å². The molecule has 0 aliphatic carbocycles. The molecule has 0 saturated heterocycles. The van der Waals surface area contributed by atoms with Crippen molar-refractivity contribution < 1.29 is 22.3 Å². The molecule has 0 bridgehead atoms. The number of unbranched alkanes of at least 4 members (excludes halogenated alkanes) is 12. The van der Waals surface area contributed by atoms with Crippen LogP contribution in [0.2, 0.25) is 0 Å². The van der Waals surface area contributed by atoms with Gasteiger partial charge in [-0.2, -0.15) is 8.42 Å². The van der Waals surface area contributed by atoms with E-state index in [0.717, 1.165) is 25.9 Å². The highest BCUT2D eigenvalue weighted by atomic mass is 32.3. The summed E-state index contributed by atoms with van der Waals surface area (Å²) in [5.41, 5.74) is -0.281. The number of aliphatic hydroxyl groups excluding tert-OH is 1. The standard InChI is InChI=1S/C24H46N2O.C2H6O4S/c1-4-6-7-8-9-10-11-12-13-14-15-16-17-18-19-24(5-2,23(3)27)26-21-20-25-22-26;1-2-6-7(3,4)5/h18-19,22-23,27H,4-17,20-21H2,1-3H3;2H2,1H3,(H,3,4,5). The Morgan fingerprint density at radius 3 is 1.88 bits per heavy atom. The lowest BCUT2D eigenvalue weighted by Gasteiger charge is -2.41. The summed E-state index contributed by atoms with van der Waals surface area (Å²) in [7, 11) is -4.17. The van der Waals surface area contributed by atoms with E-state index in [1.165, 1.54) is 84.0 Å². The number of hydrogen-bond donors (Lipinski definition) is 2. The van der Waals surface area contributed by atoms with Gasteiger partial charge in [-0.05, 0) is 33.1 Å². The third-order valence-electron chi connectivity index (χ3n) is 6.41. The van der Waals surface area contributed by atoms with E-state index in [9.17, 15) is 13.5 Å². The van der Waals surface area contributed by atoms with Crippen LogP contribution in [0.15, 0.2) is 17.1 Å². The average Bonchev–Trinajstić information content (AvgIpc) is 3.31. The predicted octanol–water partition coefficient (Wildman–Crippen LogP) is 6.33. The van der Waals surface area contributed by atoms with Crippen molar-refractivity contribution in [3.8, 4) is 0 Å². The minimum absolute atomic E-state index is 0.0289. The van der Waals surface area contributed by atoms with E-state index in [1.54, 1.807) is 0 Å². The zero-order valence-electron chi connectivity index (χ0n) is 22.3. The summed E-state index contributed by atoms with van der Waals surface area (Å²) in [6, 6.07) is 0. The topological polar surface area (TPSA) is 99.4 Å². The van der Waals surface area contributed by atoms with Gasteiger partial charge in [0.25, 0.3) is 0 Å². The van der Waals surface area contributed by atoms with Gasteiger partial charge < -0.3 is 10.0 Å². The van der Waals surface area contributed by atoms with Gasteiger partial charge in [-0.3, -0.25) is 9.55 Å². The Labute approximate surface area is 210 Å². The Hall–Kier alpha value is -0.960. The molecule has 0 aromatic heterocycles.